The molecule has 1 N–H and O–H groups in total. The van der Waals surface area contributed by atoms with E-state index in [4.69, 9.17) is 4.74 Å². The average molecular weight is 410 g/mol. The fourth-order valence-electron chi connectivity index (χ4n) is 4.65. The Bertz CT molecular complexity index is 912. The smallest absolute Gasteiger partial charge is 0.341 e. The monoisotopic (exact) mass is 410 g/mol. The lowest BCUT2D eigenvalue weighted by atomic mass is 9.71. The van der Waals surface area contributed by atoms with E-state index in [1.165, 1.54) is 7.11 Å². The van der Waals surface area contributed by atoms with Gasteiger partial charge in [0.05, 0.1) is 18.8 Å². The zero-order valence-electron chi connectivity index (χ0n) is 17.0. The SMILES string of the molecule is COC(=O)c1cccnc1N1CCC2(CC1)CC(O)CN(C(=O)c1cccnc1)C2. The summed E-state index contributed by atoms with van der Waals surface area (Å²) in [7, 11) is 1.36. The predicted molar refractivity (Wildman–Crippen MR) is 110 cm³/mol. The zero-order valence-corrected chi connectivity index (χ0v) is 17.0. The lowest BCUT2D eigenvalue weighted by molar-refractivity contribution is -0.0150. The molecule has 0 saturated carbocycles. The van der Waals surface area contributed by atoms with Crippen molar-refractivity contribution in [3.63, 3.8) is 0 Å². The molecule has 4 heterocycles. The first-order valence-electron chi connectivity index (χ1n) is 10.2. The van der Waals surface area contributed by atoms with Gasteiger partial charge in [-0.05, 0) is 48.9 Å². The van der Waals surface area contributed by atoms with Gasteiger partial charge in [0.25, 0.3) is 5.91 Å². The van der Waals surface area contributed by atoms with Gasteiger partial charge in [0, 0.05) is 44.8 Å². The summed E-state index contributed by atoms with van der Waals surface area (Å²) in [6.45, 7) is 2.34. The molecule has 2 aromatic heterocycles. The molecule has 1 amide bonds. The van der Waals surface area contributed by atoms with Crippen LogP contribution in [0.2, 0.25) is 0 Å². The molecule has 0 radical (unpaired) electrons. The van der Waals surface area contributed by atoms with Crippen molar-refractivity contribution >= 4 is 17.7 Å². The normalized spacial score (nSPS) is 20.8. The second-order valence-corrected chi connectivity index (χ2v) is 8.14. The fourth-order valence-corrected chi connectivity index (χ4v) is 4.65. The first kappa shape index (κ1) is 20.3. The molecule has 2 aromatic rings. The number of ether oxygens (including phenoxy) is 1. The molecule has 158 valence electrons. The van der Waals surface area contributed by atoms with Gasteiger partial charge < -0.3 is 19.6 Å². The van der Waals surface area contributed by atoms with Crippen LogP contribution < -0.4 is 4.90 Å². The van der Waals surface area contributed by atoms with Gasteiger partial charge in [-0.1, -0.05) is 0 Å². The van der Waals surface area contributed by atoms with Crippen molar-refractivity contribution in [2.75, 3.05) is 38.2 Å². The molecule has 4 rings (SSSR count). The summed E-state index contributed by atoms with van der Waals surface area (Å²) in [6.07, 6.45) is 6.60. The van der Waals surface area contributed by atoms with Crippen LogP contribution in [0, 0.1) is 5.41 Å². The van der Waals surface area contributed by atoms with E-state index in [2.05, 4.69) is 14.9 Å². The number of hydrogen-bond acceptors (Lipinski definition) is 7. The molecule has 2 aliphatic heterocycles. The summed E-state index contributed by atoms with van der Waals surface area (Å²) in [5.74, 6) is 0.125. The number of piperidine rings is 2. The van der Waals surface area contributed by atoms with Gasteiger partial charge in [0.2, 0.25) is 0 Å². The summed E-state index contributed by atoms with van der Waals surface area (Å²) in [4.78, 5) is 37.3. The summed E-state index contributed by atoms with van der Waals surface area (Å²) in [6, 6.07) is 6.94. The minimum Gasteiger partial charge on any atom is -0.465 e. The number of methoxy groups -OCH3 is 1. The number of carbonyl (C=O) groups excluding carboxylic acids is 2. The van der Waals surface area contributed by atoms with Crippen molar-refractivity contribution in [2.45, 2.75) is 25.4 Å². The van der Waals surface area contributed by atoms with Crippen molar-refractivity contribution < 1.29 is 19.4 Å². The number of amides is 1. The van der Waals surface area contributed by atoms with Gasteiger partial charge in [-0.3, -0.25) is 9.78 Å². The molecule has 2 fully saturated rings. The van der Waals surface area contributed by atoms with Crippen molar-refractivity contribution in [3.8, 4) is 0 Å². The highest BCUT2D eigenvalue weighted by Crippen LogP contribution is 2.41. The third-order valence-corrected chi connectivity index (χ3v) is 6.14. The molecule has 1 spiro atoms. The summed E-state index contributed by atoms with van der Waals surface area (Å²) in [5, 5.41) is 10.5. The number of aliphatic hydroxyl groups is 1. The number of anilines is 1. The van der Waals surface area contributed by atoms with Crippen LogP contribution in [0.3, 0.4) is 0 Å². The molecule has 0 bridgehead atoms. The minimum absolute atomic E-state index is 0.0960. The fraction of sp³-hybridized carbons (Fsp3) is 0.455. The molecule has 2 aliphatic rings. The van der Waals surface area contributed by atoms with Crippen LogP contribution in [-0.4, -0.2) is 71.2 Å². The predicted octanol–water partition coefficient (Wildman–Crippen LogP) is 1.76. The molecule has 1 atom stereocenters. The van der Waals surface area contributed by atoms with E-state index in [9.17, 15) is 14.7 Å². The molecule has 8 heteroatoms. The molecule has 1 unspecified atom stereocenters. The summed E-state index contributed by atoms with van der Waals surface area (Å²) >= 11 is 0. The highest BCUT2D eigenvalue weighted by Gasteiger charge is 2.43. The average Bonchev–Trinajstić information content (AvgIpc) is 2.78. The van der Waals surface area contributed by atoms with Crippen molar-refractivity contribution in [1.29, 1.82) is 0 Å². The van der Waals surface area contributed by atoms with E-state index in [1.807, 2.05) is 0 Å². The van der Waals surface area contributed by atoms with E-state index >= 15 is 0 Å². The van der Waals surface area contributed by atoms with E-state index in [0.29, 0.717) is 49.5 Å². The van der Waals surface area contributed by atoms with Crippen LogP contribution in [0.1, 0.15) is 40.0 Å². The number of β-amino-alcohol motifs (C(OH)–C–C–N with tert-alkyl or cyclic N) is 1. The molecule has 2 saturated heterocycles. The van der Waals surface area contributed by atoms with Crippen LogP contribution in [0.25, 0.3) is 0 Å². The Morgan fingerprint density at radius 1 is 1.20 bits per heavy atom. The number of hydrogen-bond donors (Lipinski definition) is 1. The number of pyridine rings is 2. The Morgan fingerprint density at radius 2 is 1.97 bits per heavy atom. The summed E-state index contributed by atoms with van der Waals surface area (Å²) < 4.78 is 4.89. The lowest BCUT2D eigenvalue weighted by Gasteiger charge is -2.49. The maximum Gasteiger partial charge on any atom is 0.341 e. The molecular formula is C22H26N4O4. The number of esters is 1. The number of aromatic nitrogens is 2. The Hall–Kier alpha value is -3.00. The largest absolute Gasteiger partial charge is 0.465 e. The van der Waals surface area contributed by atoms with Gasteiger partial charge >= 0.3 is 5.97 Å². The first-order chi connectivity index (χ1) is 14.5. The number of carbonyl (C=O) groups is 2. The third-order valence-electron chi connectivity index (χ3n) is 6.14. The Kier molecular flexibility index (Phi) is 5.67. The van der Waals surface area contributed by atoms with Gasteiger partial charge in [-0.15, -0.1) is 0 Å². The Morgan fingerprint density at radius 3 is 2.67 bits per heavy atom. The van der Waals surface area contributed by atoms with E-state index in [0.717, 1.165) is 12.8 Å². The van der Waals surface area contributed by atoms with E-state index < -0.39 is 12.1 Å². The number of nitrogens with zero attached hydrogens (tertiary/aromatic N) is 4. The molecule has 0 aromatic carbocycles. The molecule has 30 heavy (non-hydrogen) atoms. The highest BCUT2D eigenvalue weighted by atomic mass is 16.5. The zero-order chi connectivity index (χ0) is 21.1. The maximum absolute atomic E-state index is 12.9. The summed E-state index contributed by atoms with van der Waals surface area (Å²) in [5.41, 5.74) is 0.843. The number of likely N-dealkylation sites (tertiary alicyclic amines) is 1. The van der Waals surface area contributed by atoms with Gasteiger partial charge in [-0.2, -0.15) is 0 Å². The van der Waals surface area contributed by atoms with Crippen molar-refractivity contribution in [2.24, 2.45) is 5.41 Å². The molecular weight excluding hydrogens is 384 g/mol. The number of rotatable bonds is 3. The van der Waals surface area contributed by atoms with Crippen LogP contribution in [0.4, 0.5) is 5.82 Å². The van der Waals surface area contributed by atoms with Crippen LogP contribution in [0.15, 0.2) is 42.9 Å². The van der Waals surface area contributed by atoms with Crippen LogP contribution in [0.5, 0.6) is 0 Å². The van der Waals surface area contributed by atoms with E-state index in [-0.39, 0.29) is 11.3 Å². The Labute approximate surface area is 175 Å². The molecule has 0 aliphatic carbocycles. The molecule has 8 nitrogen and oxygen atoms in total. The first-order valence-corrected chi connectivity index (χ1v) is 10.2. The van der Waals surface area contributed by atoms with Crippen molar-refractivity contribution in [3.05, 3.63) is 54.0 Å². The standard InChI is InChI=1S/C22H26N4O4/c1-30-21(29)18-5-3-9-24-19(18)25-10-6-22(7-11-25)12-17(27)14-26(15-22)20(28)16-4-2-8-23-13-16/h2-5,8-9,13,17,27H,6-7,10-12,14-15H2,1H3. The van der Waals surface area contributed by atoms with E-state index in [1.54, 1.807) is 47.8 Å². The quantitative estimate of drug-likeness (QED) is 0.770. The topological polar surface area (TPSA) is 95.9 Å². The van der Waals surface area contributed by atoms with Crippen LogP contribution in [-0.2, 0) is 4.74 Å². The van der Waals surface area contributed by atoms with Gasteiger partial charge in [0.15, 0.2) is 0 Å². The maximum atomic E-state index is 12.9. The van der Waals surface area contributed by atoms with Gasteiger partial charge in [-0.25, -0.2) is 9.78 Å². The van der Waals surface area contributed by atoms with Gasteiger partial charge in [0.1, 0.15) is 11.4 Å². The third kappa shape index (κ3) is 4.00. The Balaban J connectivity index is 1.48. The lowest BCUT2D eigenvalue weighted by Crippen LogP contribution is -2.55. The highest BCUT2D eigenvalue weighted by molar-refractivity contribution is 5.95. The minimum atomic E-state index is -0.550. The second kappa shape index (κ2) is 8.39. The van der Waals surface area contributed by atoms with Crippen LogP contribution >= 0.6 is 0 Å². The second-order valence-electron chi connectivity index (χ2n) is 8.14. The van der Waals surface area contributed by atoms with Crippen molar-refractivity contribution in [1.82, 2.24) is 14.9 Å². The number of aliphatic hydroxyl groups excluding tert-OH is 1.